The van der Waals surface area contributed by atoms with Crippen molar-refractivity contribution in [3.63, 3.8) is 0 Å². The van der Waals surface area contributed by atoms with Gasteiger partial charge in [-0.15, -0.1) is 12.6 Å². The Morgan fingerprint density at radius 1 is 1.42 bits per heavy atom. The van der Waals surface area contributed by atoms with E-state index in [0.29, 0.717) is 15.4 Å². The summed E-state index contributed by atoms with van der Waals surface area (Å²) in [6.07, 6.45) is 0.803. The zero-order chi connectivity index (χ0) is 13.7. The first-order chi connectivity index (χ1) is 9.16. The van der Waals surface area contributed by atoms with Crippen LogP contribution in [0, 0.1) is 4.64 Å². The number of aromatic amines is 1. The molecule has 1 aromatic carbocycles. The van der Waals surface area contributed by atoms with Crippen molar-refractivity contribution in [3.8, 4) is 0 Å². The Balaban J connectivity index is 1.97. The molecule has 0 aliphatic heterocycles. The minimum atomic E-state index is -0.605. The number of rotatable bonds is 3. The monoisotopic (exact) mass is 293 g/mol. The van der Waals surface area contributed by atoms with Gasteiger partial charge in [-0.1, -0.05) is 42.5 Å². The Morgan fingerprint density at radius 3 is 2.84 bits per heavy atom. The Labute approximate surface area is 120 Å². The summed E-state index contributed by atoms with van der Waals surface area (Å²) in [5.41, 5.74) is 1.24. The van der Waals surface area contributed by atoms with E-state index in [9.17, 15) is 4.79 Å². The molecule has 0 saturated carbocycles. The normalized spacial score (nSPS) is 9.95. The molecule has 0 aliphatic rings. The van der Waals surface area contributed by atoms with Gasteiger partial charge >= 0.3 is 6.09 Å². The summed E-state index contributed by atoms with van der Waals surface area (Å²) in [5, 5.41) is 2.85. The molecule has 7 heteroatoms. The van der Waals surface area contributed by atoms with E-state index < -0.39 is 6.09 Å². The van der Waals surface area contributed by atoms with Gasteiger partial charge in [0.25, 0.3) is 0 Å². The van der Waals surface area contributed by atoms with Crippen LogP contribution in [0.3, 0.4) is 0 Å². The number of nitrogens with zero attached hydrogens (tertiary/aromatic N) is 1. The average molecular weight is 293 g/mol. The summed E-state index contributed by atoms with van der Waals surface area (Å²) in [7, 11) is 0. The second-order valence-electron chi connectivity index (χ2n) is 3.62. The highest BCUT2D eigenvalue weighted by Crippen LogP contribution is 2.17. The van der Waals surface area contributed by atoms with Crippen molar-refractivity contribution in [2.75, 3.05) is 5.32 Å². The molecular formula is C12H11N3O2S2. The fourth-order valence-electron chi connectivity index (χ4n) is 1.36. The van der Waals surface area contributed by atoms with E-state index in [1.165, 1.54) is 6.33 Å². The van der Waals surface area contributed by atoms with Gasteiger partial charge in [0.1, 0.15) is 22.0 Å². The van der Waals surface area contributed by atoms with E-state index in [4.69, 9.17) is 17.0 Å². The van der Waals surface area contributed by atoms with Crippen LogP contribution in [0.5, 0.6) is 0 Å². The third-order valence-corrected chi connectivity index (χ3v) is 2.93. The molecule has 19 heavy (non-hydrogen) atoms. The largest absolute Gasteiger partial charge is 0.444 e. The number of hydrogen-bond donors (Lipinski definition) is 3. The third kappa shape index (κ3) is 3.80. The predicted molar refractivity (Wildman–Crippen MR) is 76.9 cm³/mol. The van der Waals surface area contributed by atoms with E-state index in [1.54, 1.807) is 0 Å². The molecule has 2 rings (SSSR count). The summed E-state index contributed by atoms with van der Waals surface area (Å²) >= 11 is 9.13. The van der Waals surface area contributed by atoms with Gasteiger partial charge in [0.2, 0.25) is 0 Å². The molecule has 0 bridgehead atoms. The lowest BCUT2D eigenvalue weighted by molar-refractivity contribution is 0.155. The molecule has 0 fully saturated rings. The van der Waals surface area contributed by atoms with Crippen molar-refractivity contribution in [2.45, 2.75) is 11.6 Å². The zero-order valence-corrected chi connectivity index (χ0v) is 11.5. The first kappa shape index (κ1) is 13.6. The summed E-state index contributed by atoms with van der Waals surface area (Å²) in [5.74, 6) is 0. The lowest BCUT2D eigenvalue weighted by Crippen LogP contribution is -2.15. The Kier molecular flexibility index (Phi) is 4.53. The first-order valence-electron chi connectivity index (χ1n) is 5.41. The molecule has 1 heterocycles. The zero-order valence-electron chi connectivity index (χ0n) is 9.79. The van der Waals surface area contributed by atoms with Crippen LogP contribution in [-0.4, -0.2) is 16.1 Å². The van der Waals surface area contributed by atoms with E-state index in [2.05, 4.69) is 27.9 Å². The van der Waals surface area contributed by atoms with Gasteiger partial charge < -0.3 is 9.72 Å². The predicted octanol–water partition coefficient (Wildman–Crippen LogP) is 3.18. The smallest absolute Gasteiger partial charge is 0.412 e. The van der Waals surface area contributed by atoms with E-state index >= 15 is 0 Å². The van der Waals surface area contributed by atoms with Crippen LogP contribution in [0.2, 0.25) is 0 Å². The quantitative estimate of drug-likeness (QED) is 0.462. The Morgan fingerprint density at radius 2 is 2.16 bits per heavy atom. The molecule has 0 aliphatic carbocycles. The van der Waals surface area contributed by atoms with Crippen molar-refractivity contribution in [1.29, 1.82) is 0 Å². The number of anilines is 1. The minimum Gasteiger partial charge on any atom is -0.444 e. The van der Waals surface area contributed by atoms with Crippen LogP contribution in [-0.2, 0) is 11.3 Å². The van der Waals surface area contributed by atoms with Crippen molar-refractivity contribution >= 4 is 36.6 Å². The van der Waals surface area contributed by atoms with Gasteiger partial charge in [0, 0.05) is 0 Å². The van der Waals surface area contributed by atoms with Gasteiger partial charge in [0.15, 0.2) is 0 Å². The van der Waals surface area contributed by atoms with Crippen molar-refractivity contribution in [1.82, 2.24) is 9.97 Å². The van der Waals surface area contributed by atoms with Crippen LogP contribution >= 0.6 is 24.8 Å². The van der Waals surface area contributed by atoms with Crippen LogP contribution < -0.4 is 5.32 Å². The number of H-pyrrole nitrogens is 1. The third-order valence-electron chi connectivity index (χ3n) is 2.27. The first-order valence-corrected chi connectivity index (χ1v) is 6.26. The summed E-state index contributed by atoms with van der Waals surface area (Å²) in [4.78, 5) is 18.2. The molecular weight excluding hydrogens is 282 g/mol. The summed E-state index contributed by atoms with van der Waals surface area (Å²) < 4.78 is 5.41. The lowest BCUT2D eigenvalue weighted by Gasteiger charge is -2.08. The Hall–Kier alpha value is -1.86. The lowest BCUT2D eigenvalue weighted by atomic mass is 10.2. The topological polar surface area (TPSA) is 67.0 Å². The van der Waals surface area contributed by atoms with Crippen molar-refractivity contribution < 1.29 is 9.53 Å². The molecule has 0 radical (unpaired) electrons. The fraction of sp³-hybridized carbons (Fsp3) is 0.0833. The van der Waals surface area contributed by atoms with E-state index in [1.807, 2.05) is 30.3 Å². The molecule has 1 aromatic heterocycles. The second-order valence-corrected chi connectivity index (χ2v) is 4.45. The molecule has 0 spiro atoms. The maximum absolute atomic E-state index is 11.6. The molecule has 2 aromatic rings. The van der Waals surface area contributed by atoms with E-state index in [0.717, 1.165) is 5.56 Å². The van der Waals surface area contributed by atoms with Gasteiger partial charge in [-0.25, -0.2) is 9.78 Å². The van der Waals surface area contributed by atoms with Gasteiger partial charge in [-0.3, -0.25) is 5.32 Å². The van der Waals surface area contributed by atoms with Crippen LogP contribution in [0.15, 0.2) is 41.7 Å². The molecule has 1 amide bonds. The van der Waals surface area contributed by atoms with Crippen LogP contribution in [0.25, 0.3) is 0 Å². The molecule has 0 saturated heterocycles. The highest BCUT2D eigenvalue weighted by molar-refractivity contribution is 7.80. The number of nitrogens with one attached hydrogen (secondary N) is 2. The Bertz CT molecular complexity index is 628. The van der Waals surface area contributed by atoms with Crippen LogP contribution in [0.4, 0.5) is 10.5 Å². The number of carbonyl (C=O) groups is 1. The number of ether oxygens (including phenoxy) is 1. The minimum absolute atomic E-state index is 0.186. The maximum Gasteiger partial charge on any atom is 0.412 e. The summed E-state index contributed by atoms with van der Waals surface area (Å²) in [6, 6.07) is 9.38. The second kappa shape index (κ2) is 6.35. The van der Waals surface area contributed by atoms with Gasteiger partial charge in [0.05, 0.1) is 6.33 Å². The van der Waals surface area contributed by atoms with Crippen molar-refractivity contribution in [3.05, 3.63) is 46.9 Å². The molecule has 0 unspecified atom stereocenters. The molecule has 2 N–H and O–H groups in total. The number of hydrogen-bond acceptors (Lipinski definition) is 5. The van der Waals surface area contributed by atoms with Gasteiger partial charge in [-0.2, -0.15) is 0 Å². The number of amides is 1. The SMILES string of the molecule is O=C(Nc1c(S)nc[nH]c1=S)OCc1ccccc1. The number of carbonyl (C=O) groups excluding carboxylic acids is 1. The molecule has 0 atom stereocenters. The fourth-order valence-corrected chi connectivity index (χ4v) is 1.87. The van der Waals surface area contributed by atoms with Gasteiger partial charge in [-0.05, 0) is 5.56 Å². The highest BCUT2D eigenvalue weighted by atomic mass is 32.1. The number of aromatic nitrogens is 2. The van der Waals surface area contributed by atoms with E-state index in [-0.39, 0.29) is 6.61 Å². The van der Waals surface area contributed by atoms with Crippen molar-refractivity contribution in [2.24, 2.45) is 0 Å². The average Bonchev–Trinajstić information content (AvgIpc) is 2.42. The maximum atomic E-state index is 11.6. The number of benzene rings is 1. The number of thiol groups is 1. The summed E-state index contributed by atoms with van der Waals surface area (Å²) in [6.45, 7) is 0.186. The standard InChI is InChI=1S/C12H11N3O2S2/c16-12(17-6-8-4-2-1-3-5-8)15-9-10(18)13-7-14-11(9)19/h1-5,7H,6H2,(H,15,16)(H2,13,14,18,19). The molecule has 98 valence electrons. The highest BCUT2D eigenvalue weighted by Gasteiger charge is 2.08. The molecule has 5 nitrogen and oxygen atoms in total. The van der Waals surface area contributed by atoms with Crippen LogP contribution in [0.1, 0.15) is 5.56 Å².